The molecule has 0 aliphatic heterocycles. The molecule has 1 amide bonds. The first-order chi connectivity index (χ1) is 14.7. The molecule has 3 rings (SSSR count). The number of hydrogen-bond acceptors (Lipinski definition) is 2. The predicted octanol–water partition coefficient (Wildman–Crippen LogP) is 4.15. The first-order valence-corrected chi connectivity index (χ1v) is 10.6. The number of nitrogens with one attached hydrogen (secondary N) is 3. The molecule has 0 radical (unpaired) electrons. The Morgan fingerprint density at radius 3 is 2.58 bits per heavy atom. The van der Waals surface area contributed by atoms with Crippen LogP contribution in [-0.4, -0.2) is 36.1 Å². The molecule has 0 saturated heterocycles. The van der Waals surface area contributed by atoms with Crippen molar-refractivity contribution in [3.63, 3.8) is 0 Å². The molecule has 0 bridgehead atoms. The molecule has 0 aliphatic rings. The van der Waals surface area contributed by atoms with E-state index in [1.54, 1.807) is 0 Å². The van der Waals surface area contributed by atoms with Crippen molar-refractivity contribution in [3.05, 3.63) is 71.9 Å². The lowest BCUT2D eigenvalue weighted by Gasteiger charge is -2.12. The van der Waals surface area contributed by atoms with E-state index in [1.807, 2.05) is 31.2 Å². The van der Waals surface area contributed by atoms with Crippen molar-refractivity contribution in [2.24, 2.45) is 4.99 Å². The summed E-state index contributed by atoms with van der Waals surface area (Å²) in [5.41, 5.74) is 2.95. The second-order valence-electron chi connectivity index (χ2n) is 7.10. The monoisotopic (exact) mass is 533 g/mol. The average molecular weight is 533 g/mol. The van der Waals surface area contributed by atoms with E-state index in [0.717, 1.165) is 37.6 Å². The minimum atomic E-state index is -0.0501. The molecular weight excluding hydrogens is 501 g/mol. The average Bonchev–Trinajstić information content (AvgIpc) is 3.18. The Morgan fingerprint density at radius 2 is 1.77 bits per heavy atom. The number of para-hydroxylation sites is 1. The lowest BCUT2D eigenvalue weighted by atomic mass is 10.1. The van der Waals surface area contributed by atoms with E-state index in [4.69, 9.17) is 0 Å². The molecular formula is C24H32IN5O. The van der Waals surface area contributed by atoms with E-state index in [9.17, 15) is 4.79 Å². The molecule has 31 heavy (non-hydrogen) atoms. The van der Waals surface area contributed by atoms with Crippen molar-refractivity contribution < 1.29 is 4.79 Å². The highest BCUT2D eigenvalue weighted by atomic mass is 127. The summed E-state index contributed by atoms with van der Waals surface area (Å²) in [6.45, 7) is 7.69. The fourth-order valence-electron chi connectivity index (χ4n) is 3.38. The van der Waals surface area contributed by atoms with E-state index in [-0.39, 0.29) is 29.9 Å². The van der Waals surface area contributed by atoms with E-state index in [1.165, 1.54) is 10.9 Å². The summed E-state index contributed by atoms with van der Waals surface area (Å²) in [6, 6.07) is 18.2. The summed E-state index contributed by atoms with van der Waals surface area (Å²) >= 11 is 0. The molecule has 0 unspecified atom stereocenters. The number of amides is 1. The van der Waals surface area contributed by atoms with Gasteiger partial charge in [-0.2, -0.15) is 0 Å². The molecule has 2 aromatic carbocycles. The van der Waals surface area contributed by atoms with E-state index in [0.29, 0.717) is 18.7 Å². The standard InChI is InChI=1S/C24H31N5O.HI/c1-3-25-23(30)21-11-7-9-19(17-21)18-28-24(26-4-2)27-14-8-15-29-16-13-20-10-5-6-12-22(20)29;/h5-7,9-13,16-17H,3-4,8,14-15,18H2,1-2H3,(H,25,30)(H2,26,27,28);1H. The number of hydrogen-bond donors (Lipinski definition) is 3. The zero-order chi connectivity index (χ0) is 21.2. The van der Waals surface area contributed by atoms with Crippen LogP contribution in [0.1, 0.15) is 36.2 Å². The number of nitrogens with zero attached hydrogens (tertiary/aromatic N) is 2. The van der Waals surface area contributed by atoms with E-state index < -0.39 is 0 Å². The smallest absolute Gasteiger partial charge is 0.251 e. The van der Waals surface area contributed by atoms with Crippen molar-refractivity contribution in [1.29, 1.82) is 0 Å². The summed E-state index contributed by atoms with van der Waals surface area (Å²) in [5, 5.41) is 10.8. The van der Waals surface area contributed by atoms with Gasteiger partial charge in [-0.05, 0) is 55.5 Å². The number of carbonyl (C=O) groups is 1. The lowest BCUT2D eigenvalue weighted by molar-refractivity contribution is 0.0955. The van der Waals surface area contributed by atoms with Crippen LogP contribution in [0.25, 0.3) is 10.9 Å². The highest BCUT2D eigenvalue weighted by Crippen LogP contribution is 2.15. The van der Waals surface area contributed by atoms with Crippen LogP contribution in [0, 0.1) is 0 Å². The predicted molar refractivity (Wildman–Crippen MR) is 139 cm³/mol. The first kappa shape index (κ1) is 24.7. The van der Waals surface area contributed by atoms with Gasteiger partial charge in [0.1, 0.15) is 0 Å². The third kappa shape index (κ3) is 7.27. The number of carbonyl (C=O) groups excluding carboxylic acids is 1. The second kappa shape index (κ2) is 13.0. The Morgan fingerprint density at radius 1 is 0.968 bits per heavy atom. The normalized spacial score (nSPS) is 11.1. The van der Waals surface area contributed by atoms with E-state index >= 15 is 0 Å². The van der Waals surface area contributed by atoms with Crippen molar-refractivity contribution in [1.82, 2.24) is 20.5 Å². The summed E-state index contributed by atoms with van der Waals surface area (Å²) in [7, 11) is 0. The van der Waals surface area contributed by atoms with Crippen LogP contribution in [0.15, 0.2) is 65.8 Å². The van der Waals surface area contributed by atoms with Crippen LogP contribution in [0.2, 0.25) is 0 Å². The summed E-state index contributed by atoms with van der Waals surface area (Å²) < 4.78 is 2.29. The fourth-order valence-corrected chi connectivity index (χ4v) is 3.38. The summed E-state index contributed by atoms with van der Waals surface area (Å²) in [4.78, 5) is 16.7. The SMILES string of the molecule is CCNC(=O)c1cccc(CN=C(NCC)NCCCn2ccc3ccccc32)c1.I. The van der Waals surface area contributed by atoms with Crippen molar-refractivity contribution in [3.8, 4) is 0 Å². The van der Waals surface area contributed by atoms with Gasteiger partial charge in [0.05, 0.1) is 6.54 Å². The van der Waals surface area contributed by atoms with Crippen molar-refractivity contribution >= 4 is 46.7 Å². The van der Waals surface area contributed by atoms with Gasteiger partial charge in [0, 0.05) is 43.5 Å². The first-order valence-electron chi connectivity index (χ1n) is 10.6. The molecule has 0 atom stereocenters. The van der Waals surface area contributed by atoms with Gasteiger partial charge in [-0.1, -0.05) is 30.3 Å². The Hall–Kier alpha value is -2.55. The van der Waals surface area contributed by atoms with Gasteiger partial charge >= 0.3 is 0 Å². The van der Waals surface area contributed by atoms with Gasteiger partial charge < -0.3 is 20.5 Å². The molecule has 1 aromatic heterocycles. The maximum absolute atomic E-state index is 12.0. The molecule has 3 aromatic rings. The number of benzene rings is 2. The molecule has 166 valence electrons. The quantitative estimate of drug-likeness (QED) is 0.168. The molecule has 0 fully saturated rings. The van der Waals surface area contributed by atoms with Gasteiger partial charge in [-0.25, -0.2) is 4.99 Å². The van der Waals surface area contributed by atoms with Crippen LogP contribution in [0.4, 0.5) is 0 Å². The Kier molecular flexibility index (Phi) is 10.4. The summed E-state index contributed by atoms with van der Waals surface area (Å²) in [5.74, 6) is 0.740. The maximum Gasteiger partial charge on any atom is 0.251 e. The molecule has 1 heterocycles. The number of aryl methyl sites for hydroxylation is 1. The second-order valence-corrected chi connectivity index (χ2v) is 7.10. The number of guanidine groups is 1. The van der Waals surface area contributed by atoms with Gasteiger partial charge in [-0.15, -0.1) is 24.0 Å². The molecule has 0 saturated carbocycles. The lowest BCUT2D eigenvalue weighted by Crippen LogP contribution is -2.38. The largest absolute Gasteiger partial charge is 0.357 e. The van der Waals surface area contributed by atoms with Gasteiger partial charge in [-0.3, -0.25) is 4.79 Å². The zero-order valence-corrected chi connectivity index (χ0v) is 20.6. The van der Waals surface area contributed by atoms with Crippen LogP contribution in [-0.2, 0) is 13.1 Å². The van der Waals surface area contributed by atoms with Crippen LogP contribution < -0.4 is 16.0 Å². The third-order valence-corrected chi connectivity index (χ3v) is 4.84. The third-order valence-electron chi connectivity index (χ3n) is 4.84. The topological polar surface area (TPSA) is 70.4 Å². The zero-order valence-electron chi connectivity index (χ0n) is 18.2. The van der Waals surface area contributed by atoms with Crippen LogP contribution in [0.5, 0.6) is 0 Å². The van der Waals surface area contributed by atoms with Crippen LogP contribution >= 0.6 is 24.0 Å². The minimum absolute atomic E-state index is 0. The Labute approximate surface area is 201 Å². The van der Waals surface area contributed by atoms with Crippen LogP contribution in [0.3, 0.4) is 0 Å². The number of aromatic nitrogens is 1. The van der Waals surface area contributed by atoms with Gasteiger partial charge in [0.15, 0.2) is 5.96 Å². The number of fused-ring (bicyclic) bond motifs is 1. The fraction of sp³-hybridized carbons (Fsp3) is 0.333. The molecule has 7 heteroatoms. The van der Waals surface area contributed by atoms with Gasteiger partial charge in [0.25, 0.3) is 5.91 Å². The number of halogens is 1. The number of rotatable bonds is 9. The molecule has 0 aliphatic carbocycles. The van der Waals surface area contributed by atoms with Crippen molar-refractivity contribution in [2.75, 3.05) is 19.6 Å². The Bertz CT molecular complexity index is 998. The van der Waals surface area contributed by atoms with Crippen molar-refractivity contribution in [2.45, 2.75) is 33.4 Å². The maximum atomic E-state index is 12.0. The highest BCUT2D eigenvalue weighted by molar-refractivity contribution is 14.0. The highest BCUT2D eigenvalue weighted by Gasteiger charge is 2.05. The summed E-state index contributed by atoms with van der Waals surface area (Å²) in [6.07, 6.45) is 3.14. The Balaban J connectivity index is 0.00000341. The number of aliphatic imine (C=N–C) groups is 1. The van der Waals surface area contributed by atoms with E-state index in [2.05, 4.69) is 69.0 Å². The molecule has 0 spiro atoms. The molecule has 3 N–H and O–H groups in total. The minimum Gasteiger partial charge on any atom is -0.357 e. The van der Waals surface area contributed by atoms with Gasteiger partial charge in [0.2, 0.25) is 0 Å². The molecule has 6 nitrogen and oxygen atoms in total.